The van der Waals surface area contributed by atoms with E-state index < -0.39 is 30.3 Å². The number of carbonyl (C=O) groups is 4. The maximum atomic E-state index is 13.2. The summed E-state index contributed by atoms with van der Waals surface area (Å²) < 4.78 is 5.27. The average molecular weight is 513 g/mol. The quantitative estimate of drug-likeness (QED) is 0.303. The number of para-hydroxylation sites is 1. The van der Waals surface area contributed by atoms with E-state index in [2.05, 4.69) is 33.0 Å². The minimum absolute atomic E-state index is 0.0889. The molecule has 0 aromatic heterocycles. The minimum Gasteiger partial charge on any atom is -0.452 e. The molecule has 0 aliphatic carbocycles. The summed E-state index contributed by atoms with van der Waals surface area (Å²) in [7, 11) is 0. The van der Waals surface area contributed by atoms with Crippen LogP contribution in [-0.4, -0.2) is 30.3 Å². The van der Waals surface area contributed by atoms with E-state index in [0.29, 0.717) is 5.69 Å². The summed E-state index contributed by atoms with van der Waals surface area (Å²) in [5.41, 5.74) is 5.48. The minimum atomic E-state index is -0.755. The molecule has 7 heteroatoms. The molecule has 3 aromatic carbocycles. The number of carbonyl (C=O) groups excluding carboxylic acids is 4. The molecule has 3 amide bonds. The van der Waals surface area contributed by atoms with Crippen LogP contribution in [0.5, 0.6) is 0 Å². The molecule has 1 aliphatic rings. The Kier molecular flexibility index (Phi) is 7.49. The molecule has 196 valence electrons. The molecule has 7 nitrogen and oxygen atoms in total. The van der Waals surface area contributed by atoms with E-state index in [0.717, 1.165) is 32.8 Å². The summed E-state index contributed by atoms with van der Waals surface area (Å²) in [5, 5.41) is 2.92. The molecular formula is C31H32N2O5. The number of nitrogens with zero attached hydrogens (tertiary/aromatic N) is 1. The topological polar surface area (TPSA) is 92.8 Å². The van der Waals surface area contributed by atoms with Crippen LogP contribution in [0.2, 0.25) is 0 Å². The SMILES string of the molecule is Cc1cccc(N2C(=O)c3ccc(C(=O)OCC(=O)Nc4c(C(C)C)cccc4C(C)C)cc3C2=O)c1C. The lowest BCUT2D eigenvalue weighted by molar-refractivity contribution is -0.119. The molecule has 3 aromatic rings. The van der Waals surface area contributed by atoms with Gasteiger partial charge in [0.15, 0.2) is 6.61 Å². The van der Waals surface area contributed by atoms with Gasteiger partial charge in [-0.05, 0) is 72.2 Å². The molecule has 0 radical (unpaired) electrons. The molecule has 4 rings (SSSR count). The number of hydrogen-bond acceptors (Lipinski definition) is 5. The van der Waals surface area contributed by atoms with Gasteiger partial charge in [0.1, 0.15) is 0 Å². The first-order chi connectivity index (χ1) is 18.0. The molecule has 1 N–H and O–H groups in total. The lowest BCUT2D eigenvalue weighted by Crippen LogP contribution is -2.30. The number of fused-ring (bicyclic) bond motifs is 1. The predicted octanol–water partition coefficient (Wildman–Crippen LogP) is 6.15. The Morgan fingerprint density at radius 2 is 1.45 bits per heavy atom. The van der Waals surface area contributed by atoms with Crippen molar-refractivity contribution in [3.8, 4) is 0 Å². The number of ether oxygens (including phenoxy) is 1. The number of aryl methyl sites for hydroxylation is 1. The predicted molar refractivity (Wildman–Crippen MR) is 147 cm³/mol. The molecule has 0 unspecified atom stereocenters. The highest BCUT2D eigenvalue weighted by Gasteiger charge is 2.38. The lowest BCUT2D eigenvalue weighted by Gasteiger charge is -2.20. The maximum absolute atomic E-state index is 13.2. The smallest absolute Gasteiger partial charge is 0.338 e. The molecule has 38 heavy (non-hydrogen) atoms. The van der Waals surface area contributed by atoms with Crippen molar-refractivity contribution in [2.45, 2.75) is 53.4 Å². The van der Waals surface area contributed by atoms with Crippen LogP contribution in [0.3, 0.4) is 0 Å². The molecule has 1 aliphatic heterocycles. The van der Waals surface area contributed by atoms with E-state index in [1.165, 1.54) is 18.2 Å². The molecule has 0 atom stereocenters. The van der Waals surface area contributed by atoms with Crippen molar-refractivity contribution >= 4 is 35.1 Å². The van der Waals surface area contributed by atoms with Crippen molar-refractivity contribution < 1.29 is 23.9 Å². The first-order valence-corrected chi connectivity index (χ1v) is 12.7. The fourth-order valence-corrected chi connectivity index (χ4v) is 4.65. The number of anilines is 2. The summed E-state index contributed by atoms with van der Waals surface area (Å²) in [6.07, 6.45) is 0. The third-order valence-corrected chi connectivity index (χ3v) is 6.91. The lowest BCUT2D eigenvalue weighted by atomic mass is 9.92. The van der Waals surface area contributed by atoms with Crippen LogP contribution in [0.4, 0.5) is 11.4 Å². The van der Waals surface area contributed by atoms with Gasteiger partial charge in [0.25, 0.3) is 17.7 Å². The zero-order valence-electron chi connectivity index (χ0n) is 22.5. The number of nitrogens with one attached hydrogen (secondary N) is 1. The molecule has 0 fully saturated rings. The Labute approximate surface area is 222 Å². The second-order valence-electron chi connectivity index (χ2n) is 10.2. The number of esters is 1. The van der Waals surface area contributed by atoms with Crippen molar-refractivity contribution in [2.75, 3.05) is 16.8 Å². The molecule has 0 bridgehead atoms. The van der Waals surface area contributed by atoms with Crippen LogP contribution < -0.4 is 10.2 Å². The van der Waals surface area contributed by atoms with Crippen LogP contribution in [0, 0.1) is 13.8 Å². The Hall–Kier alpha value is -4.26. The number of imide groups is 1. The molecule has 0 saturated heterocycles. The van der Waals surface area contributed by atoms with E-state index in [9.17, 15) is 19.2 Å². The van der Waals surface area contributed by atoms with Gasteiger partial charge >= 0.3 is 5.97 Å². The van der Waals surface area contributed by atoms with Crippen LogP contribution in [0.15, 0.2) is 54.6 Å². The van der Waals surface area contributed by atoms with Gasteiger partial charge in [0.2, 0.25) is 0 Å². The van der Waals surface area contributed by atoms with Gasteiger partial charge in [-0.1, -0.05) is 58.0 Å². The third-order valence-electron chi connectivity index (χ3n) is 6.91. The molecule has 1 heterocycles. The van der Waals surface area contributed by atoms with Gasteiger partial charge in [-0.2, -0.15) is 0 Å². The Bertz CT molecular complexity index is 1430. The largest absolute Gasteiger partial charge is 0.452 e. The van der Waals surface area contributed by atoms with Crippen molar-refractivity contribution in [2.24, 2.45) is 0 Å². The van der Waals surface area contributed by atoms with Crippen molar-refractivity contribution in [1.82, 2.24) is 0 Å². The normalized spacial score (nSPS) is 12.8. The van der Waals surface area contributed by atoms with Gasteiger partial charge in [0, 0.05) is 5.69 Å². The first-order valence-electron chi connectivity index (χ1n) is 12.7. The van der Waals surface area contributed by atoms with Crippen molar-refractivity contribution in [1.29, 1.82) is 0 Å². The van der Waals surface area contributed by atoms with E-state index in [1.54, 1.807) is 12.1 Å². The Morgan fingerprint density at radius 3 is 2.08 bits per heavy atom. The van der Waals surface area contributed by atoms with Gasteiger partial charge in [-0.15, -0.1) is 0 Å². The summed E-state index contributed by atoms with van der Waals surface area (Å²) in [6.45, 7) is 11.5. The van der Waals surface area contributed by atoms with E-state index in [1.807, 2.05) is 38.1 Å². The zero-order valence-corrected chi connectivity index (χ0v) is 22.5. The number of benzene rings is 3. The van der Waals surface area contributed by atoms with Crippen LogP contribution in [-0.2, 0) is 9.53 Å². The van der Waals surface area contributed by atoms with Crippen molar-refractivity contribution in [3.05, 3.63) is 93.5 Å². The van der Waals surface area contributed by atoms with Crippen molar-refractivity contribution in [3.63, 3.8) is 0 Å². The maximum Gasteiger partial charge on any atom is 0.338 e. The second kappa shape index (κ2) is 10.6. The molecule has 0 spiro atoms. The van der Waals surface area contributed by atoms with Crippen LogP contribution in [0.25, 0.3) is 0 Å². The van der Waals surface area contributed by atoms with Gasteiger partial charge in [0.05, 0.1) is 22.4 Å². The fraction of sp³-hybridized carbons (Fsp3) is 0.290. The second-order valence-corrected chi connectivity index (χ2v) is 10.2. The zero-order chi connectivity index (χ0) is 27.7. The van der Waals surface area contributed by atoms with Crippen LogP contribution in [0.1, 0.15) is 92.9 Å². The molecule has 0 saturated carbocycles. The summed E-state index contributed by atoms with van der Waals surface area (Å²) >= 11 is 0. The number of hydrogen-bond donors (Lipinski definition) is 1. The van der Waals surface area contributed by atoms with Gasteiger partial charge in [-0.25, -0.2) is 9.69 Å². The van der Waals surface area contributed by atoms with Crippen LogP contribution >= 0.6 is 0 Å². The number of rotatable bonds is 7. The highest BCUT2D eigenvalue weighted by atomic mass is 16.5. The highest BCUT2D eigenvalue weighted by molar-refractivity contribution is 6.35. The fourth-order valence-electron chi connectivity index (χ4n) is 4.65. The van der Waals surface area contributed by atoms with E-state index in [4.69, 9.17) is 4.74 Å². The Morgan fingerprint density at radius 1 is 0.842 bits per heavy atom. The standard InChI is InChI=1S/C31H32N2O5/c1-17(2)22-10-8-11-23(18(3)4)28(22)32-27(34)16-38-31(37)21-13-14-24-25(15-21)30(36)33(29(24)35)26-12-7-9-19(5)20(26)6/h7-15,17-18H,16H2,1-6H3,(H,32,34). The monoisotopic (exact) mass is 512 g/mol. The average Bonchev–Trinajstić information content (AvgIpc) is 3.13. The highest BCUT2D eigenvalue weighted by Crippen LogP contribution is 2.33. The van der Waals surface area contributed by atoms with Gasteiger partial charge in [-0.3, -0.25) is 14.4 Å². The number of amides is 3. The Balaban J connectivity index is 1.49. The van der Waals surface area contributed by atoms with E-state index >= 15 is 0 Å². The molecular weight excluding hydrogens is 480 g/mol. The summed E-state index contributed by atoms with van der Waals surface area (Å²) in [5.74, 6) is -1.76. The summed E-state index contributed by atoms with van der Waals surface area (Å²) in [6, 6.07) is 15.6. The van der Waals surface area contributed by atoms with Gasteiger partial charge < -0.3 is 10.1 Å². The first kappa shape index (κ1) is 26.8. The third kappa shape index (κ3) is 4.96. The van der Waals surface area contributed by atoms with E-state index in [-0.39, 0.29) is 28.5 Å². The summed E-state index contributed by atoms with van der Waals surface area (Å²) in [4.78, 5) is 52.9.